The van der Waals surface area contributed by atoms with Crippen molar-refractivity contribution >= 4 is 0 Å². The fraction of sp³-hybridized carbons (Fsp3) is 0.250. The van der Waals surface area contributed by atoms with E-state index in [1.807, 2.05) is 0 Å². The minimum atomic E-state index is -0.0524. The molecule has 0 atom stereocenters. The van der Waals surface area contributed by atoms with E-state index in [-0.39, 0.29) is 5.41 Å². The molecule has 0 aliphatic rings. The number of hydrogen-bond donors (Lipinski definition) is 0. The van der Waals surface area contributed by atoms with Crippen LogP contribution in [0, 0.1) is 20.8 Å². The Morgan fingerprint density at radius 3 is 1.62 bits per heavy atom. The Bertz CT molecular complexity index is 1110. The van der Waals surface area contributed by atoms with E-state index in [1.165, 1.54) is 38.9 Å². The first-order valence-corrected chi connectivity index (χ1v) is 11.8. The molecule has 0 N–H and O–H groups in total. The van der Waals surface area contributed by atoms with Crippen molar-refractivity contribution in [2.45, 2.75) is 51.9 Å². The summed E-state index contributed by atoms with van der Waals surface area (Å²) in [5, 5.41) is 0. The van der Waals surface area contributed by atoms with Crippen molar-refractivity contribution in [3.05, 3.63) is 142 Å². The van der Waals surface area contributed by atoms with Crippen molar-refractivity contribution in [1.29, 1.82) is 0 Å². The van der Waals surface area contributed by atoms with Gasteiger partial charge >= 0.3 is 0 Å². The lowest BCUT2D eigenvalue weighted by molar-refractivity contribution is 0.451. The van der Waals surface area contributed by atoms with Gasteiger partial charge in [-0.1, -0.05) is 120 Å². The zero-order valence-electron chi connectivity index (χ0n) is 19.6. The molecule has 0 aliphatic heterocycles. The number of hydrogen-bond acceptors (Lipinski definition) is 0. The van der Waals surface area contributed by atoms with Crippen molar-refractivity contribution in [3.8, 4) is 0 Å². The van der Waals surface area contributed by atoms with Gasteiger partial charge in [-0.2, -0.15) is 0 Å². The van der Waals surface area contributed by atoms with E-state index in [9.17, 15) is 0 Å². The Kier molecular flexibility index (Phi) is 6.90. The van der Waals surface area contributed by atoms with Gasteiger partial charge in [0.1, 0.15) is 0 Å². The van der Waals surface area contributed by atoms with Gasteiger partial charge in [0.05, 0.1) is 0 Å². The third-order valence-corrected chi connectivity index (χ3v) is 6.64. The van der Waals surface area contributed by atoms with Crippen LogP contribution < -0.4 is 0 Å². The lowest BCUT2D eigenvalue weighted by atomic mass is 9.67. The van der Waals surface area contributed by atoms with Gasteiger partial charge in [0.2, 0.25) is 0 Å². The van der Waals surface area contributed by atoms with Gasteiger partial charge in [-0.05, 0) is 68.7 Å². The topological polar surface area (TPSA) is 0 Å². The average molecular weight is 419 g/mol. The second kappa shape index (κ2) is 10.0. The fourth-order valence-corrected chi connectivity index (χ4v) is 5.04. The van der Waals surface area contributed by atoms with Gasteiger partial charge in [-0.25, -0.2) is 0 Å². The molecule has 0 heterocycles. The molecule has 4 rings (SSSR count). The molecule has 0 amide bonds. The summed E-state index contributed by atoms with van der Waals surface area (Å²) in [5.74, 6) is 0. The minimum Gasteiger partial charge on any atom is -0.0622 e. The summed E-state index contributed by atoms with van der Waals surface area (Å²) >= 11 is 0. The average Bonchev–Trinajstić information content (AvgIpc) is 2.79. The van der Waals surface area contributed by atoms with Crippen LogP contribution in [-0.4, -0.2) is 0 Å². The summed E-state index contributed by atoms with van der Waals surface area (Å²) in [7, 11) is 0. The second-order valence-corrected chi connectivity index (χ2v) is 9.33. The van der Waals surface area contributed by atoms with Crippen LogP contribution in [0.25, 0.3) is 0 Å². The smallest absolute Gasteiger partial charge is 0.0243 e. The monoisotopic (exact) mass is 418 g/mol. The summed E-state index contributed by atoms with van der Waals surface area (Å²) in [5.41, 5.74) is 9.63. The first-order chi connectivity index (χ1) is 15.5. The largest absolute Gasteiger partial charge is 0.0622 e. The maximum absolute atomic E-state index is 2.40. The van der Waals surface area contributed by atoms with Crippen LogP contribution in [0.1, 0.15) is 51.8 Å². The van der Waals surface area contributed by atoms with Crippen LogP contribution in [0.3, 0.4) is 0 Å². The van der Waals surface area contributed by atoms with Gasteiger partial charge < -0.3 is 0 Å². The van der Waals surface area contributed by atoms with Crippen LogP contribution in [0.15, 0.2) is 103 Å². The molecular weight excluding hydrogens is 384 g/mol. The van der Waals surface area contributed by atoms with Crippen molar-refractivity contribution in [3.63, 3.8) is 0 Å². The van der Waals surface area contributed by atoms with Gasteiger partial charge in [0.15, 0.2) is 0 Å². The minimum absolute atomic E-state index is 0.0524. The molecule has 0 bridgehead atoms. The van der Waals surface area contributed by atoms with Crippen LogP contribution in [0.5, 0.6) is 0 Å². The highest BCUT2D eigenvalue weighted by Crippen LogP contribution is 2.41. The molecule has 0 radical (unpaired) electrons. The van der Waals surface area contributed by atoms with Crippen LogP contribution in [-0.2, 0) is 18.3 Å². The lowest BCUT2D eigenvalue weighted by Gasteiger charge is -2.36. The summed E-state index contributed by atoms with van der Waals surface area (Å²) in [6.45, 7) is 6.60. The van der Waals surface area contributed by atoms with E-state index in [4.69, 9.17) is 0 Å². The van der Waals surface area contributed by atoms with Crippen molar-refractivity contribution in [2.75, 3.05) is 0 Å². The predicted molar refractivity (Wildman–Crippen MR) is 137 cm³/mol. The lowest BCUT2D eigenvalue weighted by Crippen LogP contribution is -2.31. The SMILES string of the molecule is Cc1cccc(CCCC(Cc2ccccc2)(c2cccc(C)c2)c2cccc(C)c2)c1. The summed E-state index contributed by atoms with van der Waals surface area (Å²) < 4.78 is 0. The quantitative estimate of drug-likeness (QED) is 0.271. The van der Waals surface area contributed by atoms with Gasteiger partial charge in [0.25, 0.3) is 0 Å². The summed E-state index contributed by atoms with van der Waals surface area (Å²) in [4.78, 5) is 0. The summed E-state index contributed by atoms with van der Waals surface area (Å²) in [6.07, 6.45) is 4.38. The Labute approximate surface area is 194 Å². The van der Waals surface area contributed by atoms with Gasteiger partial charge in [0, 0.05) is 5.41 Å². The molecule has 0 heteroatoms. The number of aryl methyl sites for hydroxylation is 4. The van der Waals surface area contributed by atoms with Crippen molar-refractivity contribution in [1.82, 2.24) is 0 Å². The highest BCUT2D eigenvalue weighted by Gasteiger charge is 2.34. The van der Waals surface area contributed by atoms with Crippen LogP contribution in [0.4, 0.5) is 0 Å². The second-order valence-electron chi connectivity index (χ2n) is 9.33. The standard InChI is InChI=1S/C32H34/c1-25-11-7-16-28(21-25)17-10-20-32(24-29-14-5-4-6-15-29,30-18-8-12-26(2)22-30)31-19-9-13-27(3)23-31/h4-9,11-16,18-19,21-23H,10,17,20,24H2,1-3H3. The highest BCUT2D eigenvalue weighted by atomic mass is 14.4. The third-order valence-electron chi connectivity index (χ3n) is 6.64. The predicted octanol–water partition coefficient (Wildman–Crippen LogP) is 8.16. The number of benzene rings is 4. The van der Waals surface area contributed by atoms with Crippen LogP contribution >= 0.6 is 0 Å². The maximum atomic E-state index is 2.40. The van der Waals surface area contributed by atoms with E-state index < -0.39 is 0 Å². The first-order valence-electron chi connectivity index (χ1n) is 11.8. The molecule has 0 saturated carbocycles. The zero-order chi connectivity index (χ0) is 22.4. The van der Waals surface area contributed by atoms with E-state index in [1.54, 1.807) is 0 Å². The Morgan fingerprint density at radius 2 is 1.06 bits per heavy atom. The van der Waals surface area contributed by atoms with Gasteiger partial charge in [-0.15, -0.1) is 0 Å². The molecule has 162 valence electrons. The normalized spacial score (nSPS) is 11.5. The Hall–Kier alpha value is -3.12. The van der Waals surface area contributed by atoms with E-state index in [0.29, 0.717) is 0 Å². The Morgan fingerprint density at radius 1 is 0.531 bits per heavy atom. The number of rotatable bonds is 8. The van der Waals surface area contributed by atoms with E-state index in [2.05, 4.69) is 124 Å². The van der Waals surface area contributed by atoms with E-state index >= 15 is 0 Å². The van der Waals surface area contributed by atoms with Gasteiger partial charge in [-0.3, -0.25) is 0 Å². The highest BCUT2D eigenvalue weighted by molar-refractivity contribution is 5.44. The molecule has 0 spiro atoms. The first kappa shape index (κ1) is 22.1. The van der Waals surface area contributed by atoms with Crippen molar-refractivity contribution < 1.29 is 0 Å². The fourth-order valence-electron chi connectivity index (χ4n) is 5.04. The molecule has 4 aromatic rings. The molecule has 0 aliphatic carbocycles. The van der Waals surface area contributed by atoms with Crippen LogP contribution in [0.2, 0.25) is 0 Å². The zero-order valence-corrected chi connectivity index (χ0v) is 19.6. The maximum Gasteiger partial charge on any atom is 0.0243 e. The summed E-state index contributed by atoms with van der Waals surface area (Å²) in [6, 6.07) is 38.3. The Balaban J connectivity index is 1.77. The molecule has 32 heavy (non-hydrogen) atoms. The molecule has 0 fully saturated rings. The molecule has 0 unspecified atom stereocenters. The molecule has 4 aromatic carbocycles. The molecule has 0 aromatic heterocycles. The third kappa shape index (κ3) is 5.19. The van der Waals surface area contributed by atoms with Crippen molar-refractivity contribution in [2.24, 2.45) is 0 Å². The molecule has 0 nitrogen and oxygen atoms in total. The van der Waals surface area contributed by atoms with E-state index in [0.717, 1.165) is 25.7 Å². The molecular formula is C32H34. The molecule has 0 saturated heterocycles.